The van der Waals surface area contributed by atoms with Crippen molar-refractivity contribution in [2.24, 2.45) is 5.92 Å². The maximum atomic E-state index is 11.0. The largest absolute Gasteiger partial charge is 0.387 e. The Labute approximate surface area is 115 Å². The van der Waals surface area contributed by atoms with Crippen LogP contribution in [0.2, 0.25) is 0 Å². The summed E-state index contributed by atoms with van der Waals surface area (Å²) in [5.74, 6) is 0.298. The molecule has 19 heavy (non-hydrogen) atoms. The molecule has 1 aromatic rings. The Hall–Kier alpha value is -1.06. The molecule has 0 amide bonds. The molecule has 3 rings (SSSR count). The van der Waals surface area contributed by atoms with Gasteiger partial charge in [-0.3, -0.25) is 0 Å². The zero-order valence-corrected chi connectivity index (χ0v) is 11.3. The van der Waals surface area contributed by atoms with Gasteiger partial charge in [-0.2, -0.15) is 0 Å². The SMILES string of the molecule is OC12CCCCC1OCCC2CNc1ccccc1. The normalized spacial score (nSPS) is 34.6. The lowest BCUT2D eigenvalue weighted by Gasteiger charge is -2.48. The van der Waals surface area contributed by atoms with Gasteiger partial charge >= 0.3 is 0 Å². The molecule has 3 unspecified atom stereocenters. The number of fused-ring (bicyclic) bond motifs is 1. The fourth-order valence-electron chi connectivity index (χ4n) is 3.52. The molecule has 1 saturated carbocycles. The van der Waals surface area contributed by atoms with Crippen molar-refractivity contribution >= 4 is 5.69 Å². The highest BCUT2D eigenvalue weighted by molar-refractivity contribution is 5.42. The second-order valence-electron chi connectivity index (χ2n) is 5.83. The van der Waals surface area contributed by atoms with Gasteiger partial charge in [0.1, 0.15) is 0 Å². The number of ether oxygens (including phenoxy) is 1. The number of anilines is 1. The number of hydrogen-bond donors (Lipinski definition) is 2. The van der Waals surface area contributed by atoms with Crippen LogP contribution in [0.3, 0.4) is 0 Å². The van der Waals surface area contributed by atoms with E-state index >= 15 is 0 Å². The maximum absolute atomic E-state index is 11.0. The van der Waals surface area contributed by atoms with Crippen molar-refractivity contribution in [2.45, 2.75) is 43.8 Å². The molecule has 1 aliphatic carbocycles. The van der Waals surface area contributed by atoms with Crippen LogP contribution in [0.5, 0.6) is 0 Å². The summed E-state index contributed by atoms with van der Waals surface area (Å²) < 4.78 is 5.79. The molecule has 3 atom stereocenters. The van der Waals surface area contributed by atoms with Crippen molar-refractivity contribution in [3.63, 3.8) is 0 Å². The number of para-hydroxylation sites is 1. The lowest BCUT2D eigenvalue weighted by atomic mass is 9.71. The molecule has 1 aromatic carbocycles. The number of rotatable bonds is 3. The predicted octanol–water partition coefficient (Wildman–Crippen LogP) is 2.81. The third-order valence-electron chi connectivity index (χ3n) is 4.67. The Morgan fingerprint density at radius 2 is 2.05 bits per heavy atom. The van der Waals surface area contributed by atoms with Gasteiger partial charge in [0.2, 0.25) is 0 Å². The molecular weight excluding hydrogens is 238 g/mol. The lowest BCUT2D eigenvalue weighted by molar-refractivity contribution is -0.191. The molecular formula is C16H23NO2. The molecule has 3 nitrogen and oxygen atoms in total. The van der Waals surface area contributed by atoms with E-state index in [1.165, 1.54) is 6.42 Å². The molecule has 3 heteroatoms. The number of hydrogen-bond acceptors (Lipinski definition) is 3. The van der Waals surface area contributed by atoms with Crippen LogP contribution in [-0.2, 0) is 4.74 Å². The Bertz CT molecular complexity index is 406. The molecule has 0 bridgehead atoms. The summed E-state index contributed by atoms with van der Waals surface area (Å²) in [7, 11) is 0. The third-order valence-corrected chi connectivity index (χ3v) is 4.67. The molecule has 1 heterocycles. The van der Waals surface area contributed by atoms with E-state index in [1.807, 2.05) is 18.2 Å². The zero-order chi connectivity index (χ0) is 13.1. The first-order chi connectivity index (χ1) is 9.29. The van der Waals surface area contributed by atoms with Crippen LogP contribution in [0.25, 0.3) is 0 Å². The topological polar surface area (TPSA) is 41.5 Å². The van der Waals surface area contributed by atoms with Crippen LogP contribution in [0.4, 0.5) is 5.69 Å². The third kappa shape index (κ3) is 2.63. The van der Waals surface area contributed by atoms with Crippen molar-refractivity contribution in [1.29, 1.82) is 0 Å². The van der Waals surface area contributed by atoms with Gasteiger partial charge in [-0.1, -0.05) is 31.0 Å². The average Bonchev–Trinajstić information content (AvgIpc) is 2.46. The van der Waals surface area contributed by atoms with E-state index in [-0.39, 0.29) is 6.10 Å². The first-order valence-corrected chi connectivity index (χ1v) is 7.42. The first kappa shape index (κ1) is 12.9. The second-order valence-corrected chi connectivity index (χ2v) is 5.83. The molecule has 0 spiro atoms. The van der Waals surface area contributed by atoms with Gasteiger partial charge in [-0.25, -0.2) is 0 Å². The van der Waals surface area contributed by atoms with Gasteiger partial charge in [0.25, 0.3) is 0 Å². The van der Waals surface area contributed by atoms with Crippen molar-refractivity contribution in [3.05, 3.63) is 30.3 Å². The van der Waals surface area contributed by atoms with Gasteiger partial charge < -0.3 is 15.2 Å². The van der Waals surface area contributed by atoms with Crippen molar-refractivity contribution < 1.29 is 9.84 Å². The van der Waals surface area contributed by atoms with Gasteiger partial charge in [0, 0.05) is 24.8 Å². The Morgan fingerprint density at radius 3 is 2.89 bits per heavy atom. The Morgan fingerprint density at radius 1 is 1.21 bits per heavy atom. The smallest absolute Gasteiger partial charge is 0.0953 e. The Balaban J connectivity index is 1.66. The number of benzene rings is 1. The van der Waals surface area contributed by atoms with Crippen LogP contribution in [-0.4, -0.2) is 30.0 Å². The van der Waals surface area contributed by atoms with Crippen LogP contribution in [0.15, 0.2) is 30.3 Å². The molecule has 2 fully saturated rings. The number of nitrogens with one attached hydrogen (secondary N) is 1. The Kier molecular flexibility index (Phi) is 3.76. The van der Waals surface area contributed by atoms with E-state index < -0.39 is 5.60 Å². The first-order valence-electron chi connectivity index (χ1n) is 7.42. The van der Waals surface area contributed by atoms with Crippen LogP contribution in [0.1, 0.15) is 32.1 Å². The van der Waals surface area contributed by atoms with Crippen LogP contribution in [0, 0.1) is 5.92 Å². The van der Waals surface area contributed by atoms with Crippen LogP contribution < -0.4 is 5.32 Å². The van der Waals surface area contributed by atoms with Crippen molar-refractivity contribution in [2.75, 3.05) is 18.5 Å². The molecule has 1 aliphatic heterocycles. The van der Waals surface area contributed by atoms with Gasteiger partial charge in [0.05, 0.1) is 11.7 Å². The highest BCUT2D eigenvalue weighted by atomic mass is 16.5. The van der Waals surface area contributed by atoms with Crippen LogP contribution >= 0.6 is 0 Å². The molecule has 0 aromatic heterocycles. The van der Waals surface area contributed by atoms with Gasteiger partial charge in [-0.05, 0) is 31.4 Å². The summed E-state index contributed by atoms with van der Waals surface area (Å²) in [5, 5.41) is 14.4. The average molecular weight is 261 g/mol. The maximum Gasteiger partial charge on any atom is 0.0953 e. The van der Waals surface area contributed by atoms with E-state index in [0.29, 0.717) is 5.92 Å². The lowest BCUT2D eigenvalue weighted by Crippen LogP contribution is -2.57. The molecule has 0 radical (unpaired) electrons. The number of aliphatic hydroxyl groups is 1. The van der Waals surface area contributed by atoms with Crippen molar-refractivity contribution in [3.8, 4) is 0 Å². The molecule has 1 saturated heterocycles. The minimum absolute atomic E-state index is 0.0533. The minimum atomic E-state index is -0.613. The highest BCUT2D eigenvalue weighted by Gasteiger charge is 2.48. The van der Waals surface area contributed by atoms with Crippen molar-refractivity contribution in [1.82, 2.24) is 0 Å². The van der Waals surface area contributed by atoms with E-state index in [2.05, 4.69) is 17.4 Å². The standard InChI is InChI=1S/C16H23NO2/c18-16-10-5-4-8-15(16)19-11-9-13(16)12-17-14-6-2-1-3-7-14/h1-3,6-7,13,15,17-18H,4-5,8-12H2. The molecule has 2 aliphatic rings. The fraction of sp³-hybridized carbons (Fsp3) is 0.625. The molecule has 104 valence electrons. The summed E-state index contributed by atoms with van der Waals surface area (Å²) >= 11 is 0. The van der Waals surface area contributed by atoms with E-state index in [4.69, 9.17) is 4.74 Å². The van der Waals surface area contributed by atoms with E-state index in [9.17, 15) is 5.11 Å². The highest BCUT2D eigenvalue weighted by Crippen LogP contribution is 2.41. The summed E-state index contributed by atoms with van der Waals surface area (Å²) in [5.41, 5.74) is 0.517. The summed E-state index contributed by atoms with van der Waals surface area (Å²) in [4.78, 5) is 0. The van der Waals surface area contributed by atoms with E-state index in [1.54, 1.807) is 0 Å². The predicted molar refractivity (Wildman–Crippen MR) is 76.2 cm³/mol. The quantitative estimate of drug-likeness (QED) is 0.879. The minimum Gasteiger partial charge on any atom is -0.387 e. The van der Waals surface area contributed by atoms with Gasteiger partial charge in [0.15, 0.2) is 0 Å². The fourth-order valence-corrected chi connectivity index (χ4v) is 3.52. The van der Waals surface area contributed by atoms with Gasteiger partial charge in [-0.15, -0.1) is 0 Å². The zero-order valence-electron chi connectivity index (χ0n) is 11.3. The second kappa shape index (κ2) is 5.51. The summed E-state index contributed by atoms with van der Waals surface area (Å²) in [6.45, 7) is 1.62. The monoisotopic (exact) mass is 261 g/mol. The van der Waals surface area contributed by atoms with E-state index in [0.717, 1.165) is 44.5 Å². The summed E-state index contributed by atoms with van der Waals surface area (Å²) in [6.07, 6.45) is 5.21. The molecule has 2 N–H and O–H groups in total. The summed E-state index contributed by atoms with van der Waals surface area (Å²) in [6, 6.07) is 10.2.